The normalized spacial score (nSPS) is 20.1. The third-order valence-corrected chi connectivity index (χ3v) is 6.35. The lowest BCUT2D eigenvalue weighted by molar-refractivity contribution is 0.0222. The molecule has 1 aromatic rings. The minimum Gasteiger partial charge on any atom is -0.376 e. The van der Waals surface area contributed by atoms with Gasteiger partial charge in [0, 0.05) is 32.4 Å². The number of morpholine rings is 1. The summed E-state index contributed by atoms with van der Waals surface area (Å²) in [5.41, 5.74) is 4.63. The molecule has 0 spiro atoms. The third-order valence-electron chi connectivity index (χ3n) is 6.35. The zero-order valence-electron chi connectivity index (χ0n) is 20.2. The molecule has 0 bridgehead atoms. The van der Waals surface area contributed by atoms with Gasteiger partial charge in [0.1, 0.15) is 17.7 Å². The van der Waals surface area contributed by atoms with Crippen molar-refractivity contribution in [2.45, 2.75) is 52.1 Å². The molecular weight excluding hydrogens is 408 g/mol. The average Bonchev–Trinajstić information content (AvgIpc) is 2.81. The highest BCUT2D eigenvalue weighted by molar-refractivity contribution is 5.59. The summed E-state index contributed by atoms with van der Waals surface area (Å²) in [5.74, 6) is 0. The van der Waals surface area contributed by atoms with Crippen LogP contribution in [0.15, 0.2) is 53.1 Å². The molecule has 1 saturated heterocycles. The smallest absolute Gasteiger partial charge is 0.132 e. The largest absolute Gasteiger partial charge is 0.376 e. The topological polar surface area (TPSA) is 72.1 Å². The van der Waals surface area contributed by atoms with E-state index in [9.17, 15) is 10.5 Å². The van der Waals surface area contributed by atoms with E-state index in [2.05, 4.69) is 67.5 Å². The summed E-state index contributed by atoms with van der Waals surface area (Å²) < 4.78 is 5.77. The van der Waals surface area contributed by atoms with Crippen LogP contribution in [0, 0.1) is 28.1 Å². The van der Waals surface area contributed by atoms with E-state index in [4.69, 9.17) is 4.74 Å². The monoisotopic (exact) mass is 444 g/mol. The number of ether oxygens (including phenoxy) is 1. The summed E-state index contributed by atoms with van der Waals surface area (Å²) in [6.07, 6.45) is 11.8. The van der Waals surface area contributed by atoms with Crippen molar-refractivity contribution < 1.29 is 4.74 Å². The molecule has 1 unspecified atom stereocenters. The van der Waals surface area contributed by atoms with Crippen LogP contribution in [0.25, 0.3) is 6.08 Å². The molecule has 1 aromatic carbocycles. The number of nitriles is 2. The molecule has 174 valence electrons. The first-order valence-electron chi connectivity index (χ1n) is 12.0. The maximum absolute atomic E-state index is 9.25. The van der Waals surface area contributed by atoms with Crippen LogP contribution in [-0.2, 0) is 4.74 Å². The first kappa shape index (κ1) is 24.8. The molecule has 33 heavy (non-hydrogen) atoms. The number of unbranched alkanes of at least 4 members (excludes halogenated alkanes) is 1. The van der Waals surface area contributed by atoms with Gasteiger partial charge >= 0.3 is 0 Å². The van der Waals surface area contributed by atoms with E-state index in [-0.39, 0.29) is 11.0 Å². The number of allylic oxidation sites excluding steroid dienone is 5. The Morgan fingerprint density at radius 2 is 1.91 bits per heavy atom. The number of rotatable bonds is 8. The molecule has 2 aliphatic rings. The molecule has 1 aliphatic heterocycles. The van der Waals surface area contributed by atoms with Crippen LogP contribution in [0.3, 0.4) is 0 Å². The lowest BCUT2D eigenvalue weighted by Gasteiger charge is -2.30. The predicted molar refractivity (Wildman–Crippen MR) is 135 cm³/mol. The van der Waals surface area contributed by atoms with E-state index in [1.807, 2.05) is 18.2 Å². The number of nitrogens with one attached hydrogen (secondary N) is 1. The van der Waals surface area contributed by atoms with Gasteiger partial charge in [-0.3, -0.25) is 0 Å². The Morgan fingerprint density at radius 1 is 1.15 bits per heavy atom. The standard InChI is InChI=1S/C28H36N4O/c1-28(2)17-23(16-24(18-28)25(19-29)20-30)8-7-22-9-11-26(12-10-22)32(3)14-5-4-6-27-21-31-13-15-33-27/h7-12,16,27,31H,4-6,13-15,17-18,21H2,1-3H3/b8-7+. The number of benzene rings is 1. The average molecular weight is 445 g/mol. The summed E-state index contributed by atoms with van der Waals surface area (Å²) in [6, 6.07) is 12.7. The van der Waals surface area contributed by atoms with E-state index in [0.717, 1.165) is 68.6 Å². The van der Waals surface area contributed by atoms with Gasteiger partial charge in [-0.05, 0) is 66.4 Å². The van der Waals surface area contributed by atoms with Gasteiger partial charge in [-0.2, -0.15) is 10.5 Å². The second-order valence-electron chi connectivity index (χ2n) is 9.90. The highest BCUT2D eigenvalue weighted by Crippen LogP contribution is 2.39. The van der Waals surface area contributed by atoms with Gasteiger partial charge in [-0.1, -0.05) is 44.2 Å². The Kier molecular flexibility index (Phi) is 8.89. The molecule has 3 rings (SSSR count). The summed E-state index contributed by atoms with van der Waals surface area (Å²) >= 11 is 0. The van der Waals surface area contributed by atoms with Crippen molar-refractivity contribution in [3.8, 4) is 12.1 Å². The molecule has 1 heterocycles. The fourth-order valence-electron chi connectivity index (χ4n) is 4.59. The van der Waals surface area contributed by atoms with E-state index in [1.165, 1.54) is 12.1 Å². The van der Waals surface area contributed by atoms with Crippen molar-refractivity contribution in [1.29, 1.82) is 10.5 Å². The van der Waals surface area contributed by atoms with Crippen LogP contribution in [-0.4, -0.2) is 39.4 Å². The Morgan fingerprint density at radius 3 is 2.58 bits per heavy atom. The minimum atomic E-state index is 0.0366. The van der Waals surface area contributed by atoms with E-state index < -0.39 is 0 Å². The molecule has 0 aromatic heterocycles. The van der Waals surface area contributed by atoms with Gasteiger partial charge in [0.2, 0.25) is 0 Å². The molecule has 0 amide bonds. The number of nitrogens with zero attached hydrogens (tertiary/aromatic N) is 3. The van der Waals surface area contributed by atoms with Gasteiger partial charge in [0.05, 0.1) is 12.7 Å². The van der Waals surface area contributed by atoms with Crippen molar-refractivity contribution in [2.24, 2.45) is 5.41 Å². The van der Waals surface area contributed by atoms with Gasteiger partial charge in [-0.25, -0.2) is 0 Å². The molecule has 1 aliphatic carbocycles. The lowest BCUT2D eigenvalue weighted by atomic mass is 9.74. The fourth-order valence-corrected chi connectivity index (χ4v) is 4.59. The molecule has 0 saturated carbocycles. The Bertz CT molecular complexity index is 951. The SMILES string of the molecule is CN(CCCCC1CNCCO1)c1ccc(/C=C/C2=CC(=C(C#N)C#N)CC(C)(C)C2)cc1. The minimum absolute atomic E-state index is 0.0366. The van der Waals surface area contributed by atoms with Crippen LogP contribution >= 0.6 is 0 Å². The summed E-state index contributed by atoms with van der Waals surface area (Å²) in [7, 11) is 2.15. The van der Waals surface area contributed by atoms with Crippen LogP contribution in [0.1, 0.15) is 51.5 Å². The summed E-state index contributed by atoms with van der Waals surface area (Å²) in [6.45, 7) is 8.19. The van der Waals surface area contributed by atoms with Crippen molar-refractivity contribution in [3.05, 3.63) is 58.7 Å². The number of hydrogen-bond donors (Lipinski definition) is 1. The Labute approximate surface area is 199 Å². The quantitative estimate of drug-likeness (QED) is 0.430. The molecule has 1 fully saturated rings. The maximum atomic E-state index is 9.25. The predicted octanol–water partition coefficient (Wildman–Crippen LogP) is 5.38. The van der Waals surface area contributed by atoms with Gasteiger partial charge in [0.15, 0.2) is 0 Å². The van der Waals surface area contributed by atoms with Crippen LogP contribution < -0.4 is 10.2 Å². The third kappa shape index (κ3) is 7.60. The second-order valence-corrected chi connectivity index (χ2v) is 9.90. The molecule has 5 nitrogen and oxygen atoms in total. The molecular formula is C28H36N4O. The van der Waals surface area contributed by atoms with E-state index >= 15 is 0 Å². The van der Waals surface area contributed by atoms with Crippen molar-refractivity contribution in [1.82, 2.24) is 5.32 Å². The molecule has 1 atom stereocenters. The molecule has 1 N–H and O–H groups in total. The summed E-state index contributed by atoms with van der Waals surface area (Å²) in [4.78, 5) is 2.31. The van der Waals surface area contributed by atoms with E-state index in [1.54, 1.807) is 0 Å². The highest BCUT2D eigenvalue weighted by Gasteiger charge is 2.26. The Balaban J connectivity index is 1.54. The van der Waals surface area contributed by atoms with Gasteiger partial charge in [0.25, 0.3) is 0 Å². The zero-order chi connectivity index (χ0) is 23.7. The molecule has 5 heteroatoms. The van der Waals surface area contributed by atoms with Crippen molar-refractivity contribution in [2.75, 3.05) is 38.2 Å². The Hall–Kier alpha value is -2.86. The van der Waals surface area contributed by atoms with Crippen molar-refractivity contribution in [3.63, 3.8) is 0 Å². The highest BCUT2D eigenvalue weighted by atomic mass is 16.5. The first-order valence-corrected chi connectivity index (χ1v) is 12.0. The maximum Gasteiger partial charge on any atom is 0.132 e. The van der Waals surface area contributed by atoms with Crippen LogP contribution in [0.2, 0.25) is 0 Å². The summed E-state index contributed by atoms with van der Waals surface area (Å²) in [5, 5.41) is 21.9. The zero-order valence-corrected chi connectivity index (χ0v) is 20.2. The molecule has 0 radical (unpaired) electrons. The van der Waals surface area contributed by atoms with Crippen molar-refractivity contribution >= 4 is 11.8 Å². The number of hydrogen-bond acceptors (Lipinski definition) is 5. The van der Waals surface area contributed by atoms with Gasteiger partial charge in [-0.15, -0.1) is 0 Å². The van der Waals surface area contributed by atoms with E-state index in [0.29, 0.717) is 6.10 Å². The fraction of sp³-hybridized carbons (Fsp3) is 0.500. The lowest BCUT2D eigenvalue weighted by Crippen LogP contribution is -2.38. The van der Waals surface area contributed by atoms with Crippen LogP contribution in [0.5, 0.6) is 0 Å². The second kappa shape index (κ2) is 11.8. The number of anilines is 1. The van der Waals surface area contributed by atoms with Gasteiger partial charge < -0.3 is 15.0 Å². The first-order chi connectivity index (χ1) is 15.9. The van der Waals surface area contributed by atoms with Crippen LogP contribution in [0.4, 0.5) is 5.69 Å².